The zero-order valence-corrected chi connectivity index (χ0v) is 15.2. The average molecular weight is 366 g/mol. The standard InChI is InChI=1S/C20H16ClN3S/c1-2-14-5-3-4-6-18(14)23-12-16(11-22)20-24-19(13-25-20)15-7-9-17(21)10-8-15/h3-10,12-13,23H,2H2,1H3/b16-12-. The predicted octanol–water partition coefficient (Wildman–Crippen LogP) is 6.00. The molecule has 3 rings (SSSR count). The summed E-state index contributed by atoms with van der Waals surface area (Å²) in [7, 11) is 0. The van der Waals surface area contributed by atoms with E-state index in [0.29, 0.717) is 15.6 Å². The molecule has 0 unspecified atom stereocenters. The van der Waals surface area contributed by atoms with Gasteiger partial charge in [0.15, 0.2) is 0 Å². The van der Waals surface area contributed by atoms with Crippen molar-refractivity contribution in [2.24, 2.45) is 0 Å². The van der Waals surface area contributed by atoms with Crippen LogP contribution < -0.4 is 5.32 Å². The van der Waals surface area contributed by atoms with E-state index in [9.17, 15) is 5.26 Å². The molecule has 2 aromatic carbocycles. The number of aryl methyl sites for hydroxylation is 1. The molecule has 1 aromatic heterocycles. The molecule has 1 heterocycles. The molecule has 0 spiro atoms. The number of anilines is 1. The lowest BCUT2D eigenvalue weighted by molar-refractivity contribution is 1.14. The summed E-state index contributed by atoms with van der Waals surface area (Å²) in [6.07, 6.45) is 2.65. The minimum Gasteiger partial charge on any atom is -0.360 e. The molecule has 0 aliphatic rings. The number of thiazole rings is 1. The van der Waals surface area contributed by atoms with Gasteiger partial charge in [-0.2, -0.15) is 5.26 Å². The van der Waals surface area contributed by atoms with Crippen molar-refractivity contribution in [1.82, 2.24) is 4.98 Å². The maximum Gasteiger partial charge on any atom is 0.136 e. The molecule has 0 amide bonds. The summed E-state index contributed by atoms with van der Waals surface area (Å²) in [6, 6.07) is 17.8. The summed E-state index contributed by atoms with van der Waals surface area (Å²) in [5.41, 5.74) is 4.54. The third-order valence-corrected chi connectivity index (χ3v) is 4.89. The lowest BCUT2D eigenvalue weighted by Crippen LogP contribution is -1.95. The Balaban J connectivity index is 1.84. The van der Waals surface area contributed by atoms with Crippen molar-refractivity contribution in [3.8, 4) is 17.3 Å². The third kappa shape index (κ3) is 4.08. The maximum atomic E-state index is 9.49. The van der Waals surface area contributed by atoms with Crippen molar-refractivity contribution < 1.29 is 0 Å². The molecule has 0 saturated heterocycles. The fourth-order valence-electron chi connectivity index (χ4n) is 2.41. The van der Waals surface area contributed by atoms with E-state index in [1.807, 2.05) is 47.8 Å². The highest BCUT2D eigenvalue weighted by Crippen LogP contribution is 2.27. The van der Waals surface area contributed by atoms with Gasteiger partial charge in [-0.15, -0.1) is 11.3 Å². The van der Waals surface area contributed by atoms with E-state index in [4.69, 9.17) is 11.6 Å². The van der Waals surface area contributed by atoms with Gasteiger partial charge in [0.25, 0.3) is 0 Å². The first-order valence-electron chi connectivity index (χ1n) is 7.88. The Hall–Kier alpha value is -2.61. The molecular weight excluding hydrogens is 350 g/mol. The van der Waals surface area contributed by atoms with Crippen molar-refractivity contribution >= 4 is 34.2 Å². The Bertz CT molecular complexity index is 936. The van der Waals surface area contributed by atoms with Gasteiger partial charge in [-0.25, -0.2) is 4.98 Å². The number of hydrogen-bond acceptors (Lipinski definition) is 4. The highest BCUT2D eigenvalue weighted by atomic mass is 35.5. The zero-order valence-electron chi connectivity index (χ0n) is 13.7. The predicted molar refractivity (Wildman–Crippen MR) is 106 cm³/mol. The van der Waals surface area contributed by atoms with Crippen molar-refractivity contribution in [2.75, 3.05) is 5.32 Å². The van der Waals surface area contributed by atoms with Crippen LogP contribution in [-0.4, -0.2) is 4.98 Å². The third-order valence-electron chi connectivity index (χ3n) is 3.77. The van der Waals surface area contributed by atoms with E-state index in [1.54, 1.807) is 6.20 Å². The first-order chi connectivity index (χ1) is 12.2. The highest BCUT2D eigenvalue weighted by Gasteiger charge is 2.09. The topological polar surface area (TPSA) is 48.7 Å². The van der Waals surface area contributed by atoms with E-state index in [-0.39, 0.29) is 0 Å². The number of allylic oxidation sites excluding steroid dienone is 1. The van der Waals surface area contributed by atoms with Gasteiger partial charge in [-0.1, -0.05) is 48.9 Å². The molecule has 5 heteroatoms. The minimum atomic E-state index is 0.510. The SMILES string of the molecule is CCc1ccccc1N/C=C(/C#N)c1nc(-c2ccc(Cl)cc2)cs1. The average Bonchev–Trinajstić information content (AvgIpc) is 3.13. The van der Waals surface area contributed by atoms with Gasteiger partial charge >= 0.3 is 0 Å². The first-order valence-corrected chi connectivity index (χ1v) is 9.13. The van der Waals surface area contributed by atoms with Crippen LogP contribution in [0.2, 0.25) is 5.02 Å². The van der Waals surface area contributed by atoms with Gasteiger partial charge in [0, 0.05) is 27.9 Å². The van der Waals surface area contributed by atoms with E-state index in [1.165, 1.54) is 16.9 Å². The lowest BCUT2D eigenvalue weighted by Gasteiger charge is -2.07. The monoisotopic (exact) mass is 365 g/mol. The number of hydrogen-bond donors (Lipinski definition) is 1. The van der Waals surface area contributed by atoms with Crippen LogP contribution in [0.15, 0.2) is 60.1 Å². The zero-order chi connectivity index (χ0) is 17.6. The molecule has 124 valence electrons. The first kappa shape index (κ1) is 17.2. The molecule has 0 aliphatic heterocycles. The van der Waals surface area contributed by atoms with Gasteiger partial charge in [-0.05, 0) is 30.2 Å². The summed E-state index contributed by atoms with van der Waals surface area (Å²) >= 11 is 7.37. The van der Waals surface area contributed by atoms with Crippen LogP contribution in [0.1, 0.15) is 17.5 Å². The number of halogens is 1. The largest absolute Gasteiger partial charge is 0.360 e. The quantitative estimate of drug-likeness (QED) is 0.564. The van der Waals surface area contributed by atoms with Crippen molar-refractivity contribution in [3.05, 3.63) is 75.7 Å². The number of rotatable bonds is 5. The van der Waals surface area contributed by atoms with E-state index in [2.05, 4.69) is 29.4 Å². The molecule has 0 aliphatic carbocycles. The molecule has 3 nitrogen and oxygen atoms in total. The Morgan fingerprint density at radius 1 is 1.24 bits per heavy atom. The van der Waals surface area contributed by atoms with E-state index in [0.717, 1.165) is 23.4 Å². The van der Waals surface area contributed by atoms with Crippen LogP contribution in [0.3, 0.4) is 0 Å². The molecule has 0 radical (unpaired) electrons. The second kappa shape index (κ2) is 7.98. The Labute approximate surface area is 156 Å². The molecule has 0 atom stereocenters. The van der Waals surface area contributed by atoms with Gasteiger partial charge in [-0.3, -0.25) is 0 Å². The lowest BCUT2D eigenvalue weighted by atomic mass is 10.1. The fraction of sp³-hybridized carbons (Fsp3) is 0.100. The van der Waals surface area contributed by atoms with E-state index < -0.39 is 0 Å². The number of nitriles is 1. The minimum absolute atomic E-state index is 0.510. The second-order valence-electron chi connectivity index (χ2n) is 5.37. The summed E-state index contributed by atoms with van der Waals surface area (Å²) in [6.45, 7) is 2.11. The number of nitrogens with one attached hydrogen (secondary N) is 1. The number of benzene rings is 2. The second-order valence-corrected chi connectivity index (χ2v) is 6.66. The number of para-hydroxylation sites is 1. The van der Waals surface area contributed by atoms with Crippen LogP contribution in [-0.2, 0) is 6.42 Å². The van der Waals surface area contributed by atoms with Crippen molar-refractivity contribution in [1.29, 1.82) is 5.26 Å². The molecule has 0 fully saturated rings. The van der Waals surface area contributed by atoms with E-state index >= 15 is 0 Å². The normalized spacial score (nSPS) is 11.2. The van der Waals surface area contributed by atoms with Crippen LogP contribution in [0.5, 0.6) is 0 Å². The summed E-state index contributed by atoms with van der Waals surface area (Å²) in [5, 5.41) is 16.1. The van der Waals surface area contributed by atoms with Gasteiger partial charge in [0.2, 0.25) is 0 Å². The van der Waals surface area contributed by atoms with Crippen LogP contribution >= 0.6 is 22.9 Å². The van der Waals surface area contributed by atoms with Gasteiger partial charge < -0.3 is 5.32 Å². The summed E-state index contributed by atoms with van der Waals surface area (Å²) in [4.78, 5) is 4.58. The molecular formula is C20H16ClN3S. The summed E-state index contributed by atoms with van der Waals surface area (Å²) in [5.74, 6) is 0. The van der Waals surface area contributed by atoms with Crippen LogP contribution in [0, 0.1) is 11.3 Å². The molecule has 1 N–H and O–H groups in total. The van der Waals surface area contributed by atoms with Crippen LogP contribution in [0.4, 0.5) is 5.69 Å². The Kier molecular flexibility index (Phi) is 5.49. The van der Waals surface area contributed by atoms with Gasteiger partial charge in [0.05, 0.1) is 5.69 Å². The van der Waals surface area contributed by atoms with Crippen molar-refractivity contribution in [2.45, 2.75) is 13.3 Å². The summed E-state index contributed by atoms with van der Waals surface area (Å²) < 4.78 is 0. The molecule has 3 aromatic rings. The Morgan fingerprint density at radius 2 is 2.00 bits per heavy atom. The Morgan fingerprint density at radius 3 is 2.72 bits per heavy atom. The fourth-order valence-corrected chi connectivity index (χ4v) is 3.33. The molecule has 0 bridgehead atoms. The van der Waals surface area contributed by atoms with Crippen LogP contribution in [0.25, 0.3) is 16.8 Å². The molecule has 0 saturated carbocycles. The highest BCUT2D eigenvalue weighted by molar-refractivity contribution is 7.11. The molecule has 25 heavy (non-hydrogen) atoms. The van der Waals surface area contributed by atoms with Gasteiger partial charge in [0.1, 0.15) is 16.6 Å². The van der Waals surface area contributed by atoms with Crippen molar-refractivity contribution in [3.63, 3.8) is 0 Å². The number of aromatic nitrogens is 1. The maximum absolute atomic E-state index is 9.49. The smallest absolute Gasteiger partial charge is 0.136 e. The number of nitrogens with zero attached hydrogens (tertiary/aromatic N) is 2.